The second-order valence-corrected chi connectivity index (χ2v) is 4.72. The molecule has 0 atom stereocenters. The van der Waals surface area contributed by atoms with Gasteiger partial charge in [0.05, 0.1) is 0 Å². The summed E-state index contributed by atoms with van der Waals surface area (Å²) in [6, 6.07) is 6.00. The first-order valence-corrected chi connectivity index (χ1v) is 6.66. The summed E-state index contributed by atoms with van der Waals surface area (Å²) in [5.41, 5.74) is 8.28. The molecule has 0 spiro atoms. The van der Waals surface area contributed by atoms with Gasteiger partial charge in [-0.3, -0.25) is 0 Å². The van der Waals surface area contributed by atoms with Crippen molar-refractivity contribution in [2.45, 2.75) is 34.1 Å². The maximum Gasteiger partial charge on any atom is 0.255 e. The van der Waals surface area contributed by atoms with Crippen LogP contribution in [0.4, 0.5) is 0 Å². The molecule has 0 radical (unpaired) electrons. The van der Waals surface area contributed by atoms with E-state index in [1.807, 2.05) is 26.0 Å². The van der Waals surface area contributed by atoms with Crippen molar-refractivity contribution in [1.29, 1.82) is 0 Å². The number of benzene rings is 1. The van der Waals surface area contributed by atoms with Crippen LogP contribution in [0.2, 0.25) is 0 Å². The van der Waals surface area contributed by atoms with Gasteiger partial charge in [0.15, 0.2) is 10.6 Å². The molecular weight excluding hydrogens is 244 g/mol. The van der Waals surface area contributed by atoms with Crippen LogP contribution >= 0.6 is 12.2 Å². The number of oxazole rings is 1. The lowest BCUT2D eigenvalue weighted by molar-refractivity contribution is 0.591. The van der Waals surface area contributed by atoms with Gasteiger partial charge in [-0.15, -0.1) is 0 Å². The summed E-state index contributed by atoms with van der Waals surface area (Å²) >= 11 is 4.83. The highest BCUT2D eigenvalue weighted by molar-refractivity contribution is 7.80. The highest BCUT2D eigenvalue weighted by atomic mass is 32.1. The Labute approximate surface area is 113 Å². The molecule has 2 aromatic rings. The Hall–Kier alpha value is -1.42. The van der Waals surface area contributed by atoms with Crippen molar-refractivity contribution in [3.05, 3.63) is 29.7 Å². The first-order valence-electron chi connectivity index (χ1n) is 6.25. The number of hydrogen-bond donors (Lipinski definition) is 1. The fourth-order valence-corrected chi connectivity index (χ4v) is 1.76. The van der Waals surface area contributed by atoms with E-state index in [1.54, 1.807) is 0 Å². The molecule has 0 aliphatic carbocycles. The smallest absolute Gasteiger partial charge is 0.255 e. The Morgan fingerprint density at radius 3 is 2.61 bits per heavy atom. The van der Waals surface area contributed by atoms with Gasteiger partial charge in [-0.05, 0) is 30.0 Å². The molecule has 1 aromatic carbocycles. The molecule has 0 saturated heterocycles. The molecular formula is C14H20N2OS. The summed E-state index contributed by atoms with van der Waals surface area (Å²) in [6.07, 6.45) is 1.03. The molecule has 2 rings (SSSR count). The number of thiocarbonyl (C=S) groups is 1. The molecule has 98 valence electrons. The second-order valence-electron chi connectivity index (χ2n) is 4.28. The molecule has 0 aliphatic rings. The van der Waals surface area contributed by atoms with Crippen molar-refractivity contribution in [1.82, 2.24) is 4.98 Å². The minimum absolute atomic E-state index is 0.196. The fraction of sp³-hybridized carbons (Fsp3) is 0.429. The number of rotatable bonds is 3. The Morgan fingerprint density at radius 1 is 1.39 bits per heavy atom. The van der Waals surface area contributed by atoms with Crippen molar-refractivity contribution in [2.75, 3.05) is 0 Å². The van der Waals surface area contributed by atoms with E-state index >= 15 is 0 Å². The van der Waals surface area contributed by atoms with Crippen LogP contribution in [0.1, 0.15) is 39.1 Å². The Bertz CT molecular complexity index is 532. The number of hydrogen-bond acceptors (Lipinski definition) is 3. The van der Waals surface area contributed by atoms with Gasteiger partial charge in [-0.2, -0.15) is 0 Å². The summed E-state index contributed by atoms with van der Waals surface area (Å²) < 4.78 is 5.41. The second kappa shape index (κ2) is 6.50. The van der Waals surface area contributed by atoms with E-state index in [2.05, 4.69) is 24.9 Å². The van der Waals surface area contributed by atoms with E-state index in [1.165, 1.54) is 5.56 Å². The maximum absolute atomic E-state index is 5.47. The lowest BCUT2D eigenvalue weighted by Gasteiger charge is -2.03. The average Bonchev–Trinajstić information content (AvgIpc) is 2.74. The summed E-state index contributed by atoms with van der Waals surface area (Å²) in [5.74, 6) is 0.964. The first-order chi connectivity index (χ1) is 8.56. The van der Waals surface area contributed by atoms with Crippen LogP contribution in [-0.2, 0) is 6.42 Å². The van der Waals surface area contributed by atoms with E-state index in [0.29, 0.717) is 11.8 Å². The number of nitrogens with zero attached hydrogens (tertiary/aromatic N) is 1. The standard InChI is InChI=1S/C12H14N2OS.C2H6/c1-7(2)5-8-3-4-10-9(6-8)14-12(15-10)11(13)16;1-2/h3-4,6-7H,5H2,1-2H3,(H2,13,16);1-2H3. The summed E-state index contributed by atoms with van der Waals surface area (Å²) in [7, 11) is 0. The van der Waals surface area contributed by atoms with Gasteiger partial charge in [0.25, 0.3) is 5.89 Å². The first kappa shape index (κ1) is 14.6. The van der Waals surface area contributed by atoms with E-state index in [4.69, 9.17) is 22.4 Å². The zero-order valence-electron chi connectivity index (χ0n) is 11.4. The lowest BCUT2D eigenvalue weighted by Crippen LogP contribution is -2.09. The van der Waals surface area contributed by atoms with Crippen LogP contribution in [0.3, 0.4) is 0 Å². The van der Waals surface area contributed by atoms with Gasteiger partial charge in [-0.25, -0.2) is 4.98 Å². The molecule has 3 nitrogen and oxygen atoms in total. The van der Waals surface area contributed by atoms with Crippen molar-refractivity contribution in [2.24, 2.45) is 11.7 Å². The van der Waals surface area contributed by atoms with Crippen molar-refractivity contribution in [3.8, 4) is 0 Å². The molecule has 0 bridgehead atoms. The lowest BCUT2D eigenvalue weighted by atomic mass is 10.0. The number of fused-ring (bicyclic) bond motifs is 1. The number of nitrogens with two attached hydrogens (primary N) is 1. The Balaban J connectivity index is 0.000000771. The van der Waals surface area contributed by atoms with Crippen LogP contribution in [0.5, 0.6) is 0 Å². The highest BCUT2D eigenvalue weighted by Crippen LogP contribution is 2.19. The molecule has 2 N–H and O–H groups in total. The average molecular weight is 264 g/mol. The minimum atomic E-state index is 0.196. The minimum Gasteiger partial charge on any atom is -0.434 e. The summed E-state index contributed by atoms with van der Waals surface area (Å²) in [6.45, 7) is 8.38. The summed E-state index contributed by atoms with van der Waals surface area (Å²) in [5, 5.41) is 0. The predicted octanol–water partition coefficient (Wildman–Crippen LogP) is 3.69. The monoisotopic (exact) mass is 264 g/mol. The third kappa shape index (κ3) is 3.53. The third-order valence-electron chi connectivity index (χ3n) is 2.31. The Kier molecular flexibility index (Phi) is 5.28. The van der Waals surface area contributed by atoms with Crippen molar-refractivity contribution < 1.29 is 4.42 Å². The molecule has 1 aromatic heterocycles. The molecule has 0 unspecified atom stereocenters. The molecule has 0 fully saturated rings. The summed E-state index contributed by atoms with van der Waals surface area (Å²) in [4.78, 5) is 4.44. The van der Waals surface area contributed by atoms with Gasteiger partial charge >= 0.3 is 0 Å². The molecule has 0 saturated carbocycles. The zero-order chi connectivity index (χ0) is 13.7. The maximum atomic E-state index is 5.47. The van der Waals surface area contributed by atoms with Crippen LogP contribution in [-0.4, -0.2) is 9.97 Å². The van der Waals surface area contributed by atoms with Crippen LogP contribution < -0.4 is 5.73 Å². The molecule has 0 aliphatic heterocycles. The SMILES string of the molecule is CC.CC(C)Cc1ccc2oc(C(N)=S)nc2c1. The molecule has 0 amide bonds. The third-order valence-corrected chi connectivity index (χ3v) is 2.48. The van der Waals surface area contributed by atoms with Gasteiger partial charge in [-0.1, -0.05) is 46.0 Å². The van der Waals surface area contributed by atoms with Crippen LogP contribution in [0, 0.1) is 5.92 Å². The van der Waals surface area contributed by atoms with Crippen molar-refractivity contribution >= 4 is 28.3 Å². The number of aromatic nitrogens is 1. The molecule has 4 heteroatoms. The zero-order valence-corrected chi connectivity index (χ0v) is 12.2. The van der Waals surface area contributed by atoms with Gasteiger partial charge < -0.3 is 10.2 Å². The van der Waals surface area contributed by atoms with Crippen LogP contribution in [0.15, 0.2) is 22.6 Å². The van der Waals surface area contributed by atoms with E-state index < -0.39 is 0 Å². The topological polar surface area (TPSA) is 52.0 Å². The van der Waals surface area contributed by atoms with Gasteiger partial charge in [0, 0.05) is 0 Å². The Morgan fingerprint density at radius 2 is 2.06 bits per heavy atom. The van der Waals surface area contributed by atoms with E-state index in [-0.39, 0.29) is 4.99 Å². The van der Waals surface area contributed by atoms with Gasteiger partial charge in [0.1, 0.15) is 5.52 Å². The molecule has 18 heavy (non-hydrogen) atoms. The van der Waals surface area contributed by atoms with E-state index in [9.17, 15) is 0 Å². The molecule has 1 heterocycles. The highest BCUT2D eigenvalue weighted by Gasteiger charge is 2.08. The predicted molar refractivity (Wildman–Crippen MR) is 79.8 cm³/mol. The largest absolute Gasteiger partial charge is 0.434 e. The fourth-order valence-electron chi connectivity index (χ4n) is 1.68. The van der Waals surface area contributed by atoms with Gasteiger partial charge in [0.2, 0.25) is 0 Å². The van der Waals surface area contributed by atoms with Crippen LogP contribution in [0.25, 0.3) is 11.1 Å². The normalized spacial score (nSPS) is 10.3. The quantitative estimate of drug-likeness (QED) is 0.859. The van der Waals surface area contributed by atoms with Crippen molar-refractivity contribution in [3.63, 3.8) is 0 Å². The van der Waals surface area contributed by atoms with E-state index in [0.717, 1.165) is 17.5 Å².